The molecular weight excluding hydrogens is 526 g/mol. The molecule has 3 unspecified atom stereocenters. The van der Waals surface area contributed by atoms with Gasteiger partial charge < -0.3 is 19.4 Å². The molecule has 2 saturated heterocycles. The van der Waals surface area contributed by atoms with Crippen molar-refractivity contribution in [3.8, 4) is 12.1 Å². The summed E-state index contributed by atoms with van der Waals surface area (Å²) in [6.45, 7) is 5.74. The van der Waals surface area contributed by atoms with Crippen LogP contribution in [0.15, 0.2) is 30.6 Å². The third-order valence-corrected chi connectivity index (χ3v) is 9.60. The lowest BCUT2D eigenvalue weighted by atomic mass is 9.69. The summed E-state index contributed by atoms with van der Waals surface area (Å²) in [4.78, 5) is 28.1. The summed E-state index contributed by atoms with van der Waals surface area (Å²) in [7, 11) is 2.10. The number of hydrogen-bond acceptors (Lipinski definition) is 7. The number of rotatable bonds is 6. The highest BCUT2D eigenvalue weighted by Crippen LogP contribution is 2.49. The SMILES string of the molecule is C=C(F)C(=O)N1CCN(c2nc(OCC3CCCN3C)nc3c2CCC2(CCc4ccc(F)cc42)C3)CC1CC#N. The van der Waals surface area contributed by atoms with Gasteiger partial charge in [-0.05, 0) is 81.8 Å². The summed E-state index contributed by atoms with van der Waals surface area (Å²) >= 11 is 0. The number of halogens is 2. The number of carbonyl (C=O) groups is 1. The van der Waals surface area contributed by atoms with Crippen LogP contribution in [0.2, 0.25) is 0 Å². The first kappa shape index (κ1) is 27.6. The highest BCUT2D eigenvalue weighted by atomic mass is 19.1. The average Bonchev–Trinajstić information content (AvgIpc) is 3.53. The van der Waals surface area contributed by atoms with Crippen molar-refractivity contribution in [2.45, 2.75) is 68.9 Å². The lowest BCUT2D eigenvalue weighted by Crippen LogP contribution is -2.55. The largest absolute Gasteiger partial charge is 0.462 e. The van der Waals surface area contributed by atoms with Crippen molar-refractivity contribution in [3.63, 3.8) is 0 Å². The lowest BCUT2D eigenvalue weighted by Gasteiger charge is -2.42. The van der Waals surface area contributed by atoms with E-state index in [9.17, 15) is 18.8 Å². The molecule has 2 aliphatic heterocycles. The molecular formula is C31H36F2N6O2. The predicted octanol–water partition coefficient (Wildman–Crippen LogP) is 3.88. The number of aryl methyl sites for hydroxylation is 1. The Morgan fingerprint density at radius 3 is 2.80 bits per heavy atom. The summed E-state index contributed by atoms with van der Waals surface area (Å²) in [5, 5.41) is 9.46. The van der Waals surface area contributed by atoms with Crippen molar-refractivity contribution in [3.05, 3.63) is 58.8 Å². The van der Waals surface area contributed by atoms with E-state index in [1.54, 1.807) is 12.1 Å². The van der Waals surface area contributed by atoms with Gasteiger partial charge in [-0.15, -0.1) is 0 Å². The van der Waals surface area contributed by atoms with Crippen molar-refractivity contribution in [2.24, 2.45) is 0 Å². The van der Waals surface area contributed by atoms with Crippen LogP contribution >= 0.6 is 0 Å². The van der Waals surface area contributed by atoms with Crippen LogP contribution in [-0.2, 0) is 29.5 Å². The van der Waals surface area contributed by atoms with Gasteiger partial charge in [-0.3, -0.25) is 4.79 Å². The molecule has 0 saturated carbocycles. The molecule has 4 aliphatic rings. The number of benzene rings is 1. The molecule has 3 heterocycles. The van der Waals surface area contributed by atoms with Gasteiger partial charge >= 0.3 is 6.01 Å². The fourth-order valence-electron chi connectivity index (χ4n) is 7.32. The van der Waals surface area contributed by atoms with Crippen LogP contribution in [0.4, 0.5) is 14.6 Å². The predicted molar refractivity (Wildman–Crippen MR) is 150 cm³/mol. The summed E-state index contributed by atoms with van der Waals surface area (Å²) in [5.74, 6) is -1.25. The molecule has 2 fully saturated rings. The maximum absolute atomic E-state index is 14.3. The Morgan fingerprint density at radius 2 is 2.05 bits per heavy atom. The van der Waals surface area contributed by atoms with Crippen molar-refractivity contribution in [1.29, 1.82) is 5.26 Å². The number of ether oxygens (including phenoxy) is 1. The third kappa shape index (κ3) is 5.16. The minimum Gasteiger partial charge on any atom is -0.462 e. The molecule has 1 aromatic heterocycles. The Kier molecular flexibility index (Phi) is 7.41. The Hall–Kier alpha value is -3.58. The van der Waals surface area contributed by atoms with Gasteiger partial charge in [0.25, 0.3) is 5.91 Å². The minimum atomic E-state index is -1.02. The first-order valence-electron chi connectivity index (χ1n) is 14.6. The van der Waals surface area contributed by atoms with E-state index in [0.29, 0.717) is 38.2 Å². The molecule has 2 aromatic rings. The van der Waals surface area contributed by atoms with E-state index in [1.807, 2.05) is 6.07 Å². The Morgan fingerprint density at radius 1 is 1.22 bits per heavy atom. The van der Waals surface area contributed by atoms with E-state index < -0.39 is 17.8 Å². The van der Waals surface area contributed by atoms with Crippen LogP contribution in [0.25, 0.3) is 0 Å². The van der Waals surface area contributed by atoms with Crippen molar-refractivity contribution in [2.75, 3.05) is 44.7 Å². The van der Waals surface area contributed by atoms with E-state index in [4.69, 9.17) is 14.7 Å². The van der Waals surface area contributed by atoms with E-state index in [-0.39, 0.29) is 24.2 Å². The molecule has 8 nitrogen and oxygen atoms in total. The van der Waals surface area contributed by atoms with Crippen LogP contribution in [0.1, 0.15) is 54.5 Å². The zero-order valence-corrected chi connectivity index (χ0v) is 23.5. The van der Waals surface area contributed by atoms with Crippen molar-refractivity contribution >= 4 is 11.7 Å². The third-order valence-electron chi connectivity index (χ3n) is 9.60. The zero-order valence-electron chi connectivity index (χ0n) is 23.5. The second-order valence-electron chi connectivity index (χ2n) is 12.0. The van der Waals surface area contributed by atoms with Gasteiger partial charge in [0.1, 0.15) is 18.2 Å². The van der Waals surface area contributed by atoms with E-state index in [1.165, 1.54) is 10.5 Å². The smallest absolute Gasteiger partial charge is 0.318 e. The number of likely N-dealkylation sites (N-methyl/N-ethyl adjacent to an activating group) is 1. The van der Waals surface area contributed by atoms with Crippen LogP contribution < -0.4 is 9.64 Å². The minimum absolute atomic E-state index is 0.0750. The van der Waals surface area contributed by atoms with Crippen molar-refractivity contribution in [1.82, 2.24) is 19.8 Å². The number of piperazine rings is 1. The first-order valence-corrected chi connectivity index (χ1v) is 14.6. The van der Waals surface area contributed by atoms with Gasteiger partial charge in [0.15, 0.2) is 5.83 Å². The van der Waals surface area contributed by atoms with E-state index in [2.05, 4.69) is 29.5 Å². The molecule has 1 aromatic carbocycles. The quantitative estimate of drug-likeness (QED) is 0.494. The molecule has 10 heteroatoms. The topological polar surface area (TPSA) is 85.6 Å². The lowest BCUT2D eigenvalue weighted by molar-refractivity contribution is -0.131. The van der Waals surface area contributed by atoms with E-state index in [0.717, 1.165) is 67.7 Å². The maximum atomic E-state index is 14.3. The number of likely N-dealkylation sites (tertiary alicyclic amines) is 1. The number of nitriles is 1. The van der Waals surface area contributed by atoms with Gasteiger partial charge in [0.05, 0.1) is 24.2 Å². The molecule has 41 heavy (non-hydrogen) atoms. The van der Waals surface area contributed by atoms with Gasteiger partial charge in [-0.25, -0.2) is 8.78 Å². The fourth-order valence-corrected chi connectivity index (χ4v) is 7.32. The Bertz CT molecular complexity index is 1410. The van der Waals surface area contributed by atoms with Gasteiger partial charge in [-0.1, -0.05) is 12.6 Å². The summed E-state index contributed by atoms with van der Waals surface area (Å²) in [6.07, 6.45) is 6.41. The molecule has 0 N–H and O–H groups in total. The number of anilines is 1. The van der Waals surface area contributed by atoms with Gasteiger partial charge in [0, 0.05) is 36.7 Å². The standard InChI is InChI=1S/C31H36F2N6O2/c1-20(32)29(40)39-15-14-38(18-23(39)9-12-34)28-25-8-11-31(10-7-21-5-6-22(33)16-26(21)31)17-27(25)35-30(36-28)41-19-24-4-3-13-37(24)2/h5-6,16,23-24H,1,3-4,7-11,13-15,17-19H2,2H3. The molecule has 3 atom stereocenters. The van der Waals surface area contributed by atoms with Crippen LogP contribution in [0, 0.1) is 17.1 Å². The fraction of sp³-hybridized carbons (Fsp3) is 0.548. The monoisotopic (exact) mass is 562 g/mol. The molecule has 1 amide bonds. The zero-order chi connectivity index (χ0) is 28.7. The highest BCUT2D eigenvalue weighted by Gasteiger charge is 2.44. The normalized spacial score (nSPS) is 25.6. The number of aromatic nitrogens is 2. The number of nitrogens with zero attached hydrogens (tertiary/aromatic N) is 6. The Balaban J connectivity index is 1.34. The molecule has 6 rings (SSSR count). The number of amides is 1. The molecule has 0 bridgehead atoms. The summed E-state index contributed by atoms with van der Waals surface area (Å²) in [6, 6.07) is 7.43. The highest BCUT2D eigenvalue weighted by molar-refractivity contribution is 5.91. The second-order valence-corrected chi connectivity index (χ2v) is 12.0. The Labute approximate surface area is 239 Å². The average molecular weight is 563 g/mol. The van der Waals surface area contributed by atoms with Crippen LogP contribution in [0.3, 0.4) is 0 Å². The number of fused-ring (bicyclic) bond motifs is 3. The number of carbonyl (C=O) groups excluding carboxylic acids is 1. The maximum Gasteiger partial charge on any atom is 0.318 e. The van der Waals surface area contributed by atoms with E-state index >= 15 is 0 Å². The van der Waals surface area contributed by atoms with Gasteiger partial charge in [0.2, 0.25) is 0 Å². The molecule has 1 spiro atoms. The number of hydrogen-bond donors (Lipinski definition) is 0. The summed E-state index contributed by atoms with van der Waals surface area (Å²) < 4.78 is 34.3. The first-order chi connectivity index (χ1) is 19.8. The summed E-state index contributed by atoms with van der Waals surface area (Å²) in [5.41, 5.74) is 4.08. The molecule has 0 radical (unpaired) electrons. The van der Waals surface area contributed by atoms with Gasteiger partial charge in [-0.2, -0.15) is 15.2 Å². The molecule has 2 aliphatic carbocycles. The van der Waals surface area contributed by atoms with Crippen molar-refractivity contribution < 1.29 is 18.3 Å². The van der Waals surface area contributed by atoms with Crippen LogP contribution in [0.5, 0.6) is 6.01 Å². The van der Waals surface area contributed by atoms with Crippen LogP contribution in [-0.4, -0.2) is 77.6 Å². The molecule has 216 valence electrons. The second kappa shape index (κ2) is 11.0.